The van der Waals surface area contributed by atoms with Gasteiger partial charge in [-0.2, -0.15) is 0 Å². The fraction of sp³-hybridized carbons (Fsp3) is 0.429. The van der Waals surface area contributed by atoms with Crippen LogP contribution in [-0.2, 0) is 0 Å². The van der Waals surface area contributed by atoms with Gasteiger partial charge in [-0.1, -0.05) is 18.2 Å². The molecule has 2 aromatic carbocycles. The number of non-ortho nitro benzene ring substituents is 1. The zero-order valence-electron chi connectivity index (χ0n) is 15.5. The number of rotatable bonds is 5. The van der Waals surface area contributed by atoms with Crippen molar-refractivity contribution in [3.8, 4) is 5.75 Å². The zero-order valence-corrected chi connectivity index (χ0v) is 15.5. The smallest absolute Gasteiger partial charge is 0.269 e. The molecule has 2 aromatic rings. The van der Waals surface area contributed by atoms with Crippen LogP contribution in [0, 0.1) is 10.1 Å². The van der Waals surface area contributed by atoms with E-state index >= 15 is 0 Å². The normalized spacial score (nSPS) is 21.1. The molecule has 2 aliphatic rings. The summed E-state index contributed by atoms with van der Waals surface area (Å²) < 4.78 is 6.71. The predicted molar refractivity (Wildman–Crippen MR) is 106 cm³/mol. The maximum absolute atomic E-state index is 11.0. The van der Waals surface area contributed by atoms with E-state index in [9.17, 15) is 10.1 Å². The molecule has 1 unspecified atom stereocenters. The van der Waals surface area contributed by atoms with Gasteiger partial charge in [0.15, 0.2) is 0 Å². The molecule has 0 aromatic heterocycles. The highest BCUT2D eigenvalue weighted by Crippen LogP contribution is 2.37. The standard InChI is InChI=1S/C21H26N3O3/c25-23(26)18-5-7-19(8-6-18)24(14-11-22-12-15-24)13-9-17-10-16-27-21-4-2-1-3-20(17)21/h1-8,17,22H,9-16H2/q+1. The second kappa shape index (κ2) is 7.66. The van der Waals surface area contributed by atoms with Crippen molar-refractivity contribution in [1.29, 1.82) is 0 Å². The number of nitro groups is 1. The van der Waals surface area contributed by atoms with Crippen molar-refractivity contribution >= 4 is 11.4 Å². The number of hydrogen-bond acceptors (Lipinski definition) is 4. The number of quaternary nitrogens is 1. The van der Waals surface area contributed by atoms with Crippen molar-refractivity contribution < 1.29 is 9.66 Å². The van der Waals surface area contributed by atoms with Gasteiger partial charge in [0.1, 0.15) is 11.4 Å². The third-order valence-corrected chi connectivity index (χ3v) is 6.03. The number of benzene rings is 2. The van der Waals surface area contributed by atoms with Gasteiger partial charge in [-0.05, 0) is 24.0 Å². The summed E-state index contributed by atoms with van der Waals surface area (Å²) in [4.78, 5) is 10.7. The summed E-state index contributed by atoms with van der Waals surface area (Å²) in [5, 5.41) is 14.4. The molecule has 1 fully saturated rings. The van der Waals surface area contributed by atoms with Gasteiger partial charge in [0.25, 0.3) is 5.69 Å². The fourth-order valence-electron chi connectivity index (χ4n) is 4.44. The highest BCUT2D eigenvalue weighted by Gasteiger charge is 2.34. The lowest BCUT2D eigenvalue weighted by molar-refractivity contribution is -0.384. The van der Waals surface area contributed by atoms with E-state index in [0.29, 0.717) is 5.92 Å². The Labute approximate surface area is 159 Å². The van der Waals surface area contributed by atoms with E-state index < -0.39 is 0 Å². The lowest BCUT2D eigenvalue weighted by Gasteiger charge is -2.42. The maximum atomic E-state index is 11.0. The molecule has 0 bridgehead atoms. The third-order valence-electron chi connectivity index (χ3n) is 6.03. The number of ether oxygens (including phenoxy) is 1. The lowest BCUT2D eigenvalue weighted by Crippen LogP contribution is -2.60. The van der Waals surface area contributed by atoms with Crippen LogP contribution in [0.15, 0.2) is 48.5 Å². The lowest BCUT2D eigenvalue weighted by atomic mass is 9.89. The monoisotopic (exact) mass is 368 g/mol. The minimum Gasteiger partial charge on any atom is -0.493 e. The van der Waals surface area contributed by atoms with Crippen LogP contribution in [0.4, 0.5) is 11.4 Å². The summed E-state index contributed by atoms with van der Waals surface area (Å²) in [7, 11) is 0. The van der Waals surface area contributed by atoms with Crippen molar-refractivity contribution in [3.63, 3.8) is 0 Å². The SMILES string of the molecule is O=[N+]([O-])c1ccc([N+]2(CCC3CCOc4ccccc43)CCNCC2)cc1. The number of nitro benzene ring substituents is 1. The first-order chi connectivity index (χ1) is 13.2. The van der Waals surface area contributed by atoms with Gasteiger partial charge in [-0.25, -0.2) is 0 Å². The van der Waals surface area contributed by atoms with Gasteiger partial charge >= 0.3 is 0 Å². The minimum atomic E-state index is -0.329. The van der Waals surface area contributed by atoms with Crippen molar-refractivity contribution in [2.45, 2.75) is 18.8 Å². The molecular weight excluding hydrogens is 342 g/mol. The van der Waals surface area contributed by atoms with Gasteiger partial charge in [-0.15, -0.1) is 0 Å². The average Bonchev–Trinajstić information content (AvgIpc) is 2.73. The molecule has 1 saturated heterocycles. The van der Waals surface area contributed by atoms with E-state index in [1.807, 2.05) is 18.2 Å². The van der Waals surface area contributed by atoms with Crippen LogP contribution in [0.5, 0.6) is 5.75 Å². The quantitative estimate of drug-likeness (QED) is 0.499. The van der Waals surface area contributed by atoms with E-state index in [1.54, 1.807) is 12.1 Å². The molecule has 27 heavy (non-hydrogen) atoms. The Hall–Kier alpha value is -2.44. The predicted octanol–water partition coefficient (Wildman–Crippen LogP) is 3.46. The number of para-hydroxylation sites is 1. The summed E-state index contributed by atoms with van der Waals surface area (Å²) in [5.74, 6) is 1.54. The van der Waals surface area contributed by atoms with Crippen molar-refractivity contribution in [2.24, 2.45) is 0 Å². The topological polar surface area (TPSA) is 64.4 Å². The van der Waals surface area contributed by atoms with E-state index in [-0.39, 0.29) is 10.6 Å². The molecule has 0 amide bonds. The van der Waals surface area contributed by atoms with E-state index in [4.69, 9.17) is 4.74 Å². The van der Waals surface area contributed by atoms with Gasteiger partial charge in [-0.3, -0.25) is 14.6 Å². The Morgan fingerprint density at radius 1 is 1.11 bits per heavy atom. The molecule has 0 aliphatic carbocycles. The fourth-order valence-corrected chi connectivity index (χ4v) is 4.44. The van der Waals surface area contributed by atoms with Crippen LogP contribution in [-0.4, -0.2) is 44.3 Å². The van der Waals surface area contributed by atoms with Crippen LogP contribution >= 0.6 is 0 Å². The van der Waals surface area contributed by atoms with E-state index in [1.165, 1.54) is 11.3 Å². The second-order valence-corrected chi connectivity index (χ2v) is 7.50. The van der Waals surface area contributed by atoms with Gasteiger partial charge < -0.3 is 10.1 Å². The molecule has 0 spiro atoms. The average molecular weight is 368 g/mol. The molecule has 6 heteroatoms. The summed E-state index contributed by atoms with van der Waals surface area (Å²) in [6.07, 6.45) is 2.15. The first-order valence-corrected chi connectivity index (χ1v) is 9.71. The first kappa shape index (κ1) is 17.9. The summed E-state index contributed by atoms with van der Waals surface area (Å²) >= 11 is 0. The Kier molecular flexibility index (Phi) is 5.09. The van der Waals surface area contributed by atoms with Crippen molar-refractivity contribution in [1.82, 2.24) is 9.80 Å². The zero-order chi connectivity index (χ0) is 18.7. The number of nitrogens with one attached hydrogen (secondary N) is 1. The Morgan fingerprint density at radius 2 is 1.85 bits per heavy atom. The van der Waals surface area contributed by atoms with Crippen LogP contribution in [0.25, 0.3) is 0 Å². The Balaban J connectivity index is 1.55. The van der Waals surface area contributed by atoms with Gasteiger partial charge in [0, 0.05) is 43.8 Å². The first-order valence-electron chi connectivity index (χ1n) is 9.71. The Morgan fingerprint density at radius 3 is 2.59 bits per heavy atom. The third kappa shape index (κ3) is 3.68. The molecule has 2 heterocycles. The molecule has 4 rings (SSSR count). The molecule has 0 radical (unpaired) electrons. The molecule has 2 aliphatic heterocycles. The van der Waals surface area contributed by atoms with Crippen LogP contribution in [0.1, 0.15) is 24.3 Å². The highest BCUT2D eigenvalue weighted by molar-refractivity contribution is 5.49. The summed E-state index contributed by atoms with van der Waals surface area (Å²) in [5.41, 5.74) is 2.66. The van der Waals surface area contributed by atoms with E-state index in [2.05, 4.69) is 23.5 Å². The maximum Gasteiger partial charge on any atom is 0.269 e. The number of hydrogen-bond donors (Lipinski definition) is 1. The largest absolute Gasteiger partial charge is 0.493 e. The van der Waals surface area contributed by atoms with Crippen LogP contribution in [0.2, 0.25) is 0 Å². The van der Waals surface area contributed by atoms with Gasteiger partial charge in [0.2, 0.25) is 0 Å². The second-order valence-electron chi connectivity index (χ2n) is 7.50. The molecular formula is C21H26N3O3+. The van der Waals surface area contributed by atoms with Crippen LogP contribution < -0.4 is 14.5 Å². The van der Waals surface area contributed by atoms with Gasteiger partial charge in [0.05, 0.1) is 31.2 Å². The van der Waals surface area contributed by atoms with E-state index in [0.717, 1.165) is 62.4 Å². The molecule has 0 saturated carbocycles. The van der Waals surface area contributed by atoms with Crippen molar-refractivity contribution in [2.75, 3.05) is 39.3 Å². The molecule has 142 valence electrons. The minimum absolute atomic E-state index is 0.158. The number of fused-ring (bicyclic) bond motifs is 1. The molecule has 6 nitrogen and oxygen atoms in total. The molecule has 1 atom stereocenters. The Bertz CT molecular complexity index is 801. The highest BCUT2D eigenvalue weighted by atomic mass is 16.6. The molecule has 1 N–H and O–H groups in total. The van der Waals surface area contributed by atoms with Crippen LogP contribution in [0.3, 0.4) is 0 Å². The number of piperazine rings is 1. The number of nitrogens with zero attached hydrogens (tertiary/aromatic N) is 2. The van der Waals surface area contributed by atoms with Crippen molar-refractivity contribution in [3.05, 3.63) is 64.2 Å². The summed E-state index contributed by atoms with van der Waals surface area (Å²) in [6, 6.07) is 15.5. The summed E-state index contributed by atoms with van der Waals surface area (Å²) in [6.45, 7) is 5.80.